The smallest absolute Gasteiger partial charge is 0.187 e. The van der Waals surface area contributed by atoms with Crippen molar-refractivity contribution in [3.8, 4) is 0 Å². The quantitative estimate of drug-likeness (QED) is 0.696. The summed E-state index contributed by atoms with van der Waals surface area (Å²) in [5.74, 6) is 0. The van der Waals surface area contributed by atoms with Crippen LogP contribution in [0.3, 0.4) is 0 Å². The Morgan fingerprint density at radius 2 is 1.46 bits per heavy atom. The van der Waals surface area contributed by atoms with Gasteiger partial charge in [-0.15, -0.1) is 0 Å². The zero-order valence-corrected chi connectivity index (χ0v) is 7.69. The van der Waals surface area contributed by atoms with Gasteiger partial charge in [0.05, 0.1) is 0 Å². The summed E-state index contributed by atoms with van der Waals surface area (Å²) in [6, 6.07) is 7.91. The molecule has 0 fully saturated rings. The Kier molecular flexibility index (Phi) is 2.31. The molecule has 3 nitrogen and oxygen atoms in total. The zero-order chi connectivity index (χ0) is 9.26. The summed E-state index contributed by atoms with van der Waals surface area (Å²) >= 11 is 0. The monoisotopic (exact) mass is 180 g/mol. The molecule has 1 aromatic carbocycles. The third kappa shape index (κ3) is 1.35. The molecule has 0 spiro atoms. The fraction of sp³-hybridized carbons (Fsp3) is 0.400. The lowest BCUT2D eigenvalue weighted by molar-refractivity contribution is -0.217. The largest absolute Gasteiger partial charge is 0.352 e. The second kappa shape index (κ2) is 3.46. The maximum Gasteiger partial charge on any atom is 0.187 e. The Morgan fingerprint density at radius 1 is 1.00 bits per heavy atom. The average molecular weight is 180 g/mol. The average Bonchev–Trinajstić information content (AvgIpc) is 2.56. The Balaban J connectivity index is 2.38. The fourth-order valence-corrected chi connectivity index (χ4v) is 1.56. The predicted molar refractivity (Wildman–Crippen MR) is 47.0 cm³/mol. The van der Waals surface area contributed by atoms with Crippen LogP contribution < -0.4 is 0 Å². The minimum atomic E-state index is -0.291. The van der Waals surface area contributed by atoms with E-state index in [0.717, 1.165) is 11.1 Å². The fourth-order valence-electron chi connectivity index (χ4n) is 1.56. The molecule has 1 aliphatic heterocycles. The first kappa shape index (κ1) is 8.69. The molecular weight excluding hydrogens is 168 g/mol. The maximum atomic E-state index is 5.49. The van der Waals surface area contributed by atoms with E-state index in [2.05, 4.69) is 0 Å². The van der Waals surface area contributed by atoms with Crippen molar-refractivity contribution < 1.29 is 14.2 Å². The molecule has 2 atom stereocenters. The van der Waals surface area contributed by atoms with Crippen LogP contribution in [0.1, 0.15) is 23.7 Å². The van der Waals surface area contributed by atoms with Gasteiger partial charge in [0.15, 0.2) is 12.6 Å². The third-order valence-electron chi connectivity index (χ3n) is 2.18. The van der Waals surface area contributed by atoms with Gasteiger partial charge in [-0.3, -0.25) is 0 Å². The van der Waals surface area contributed by atoms with Crippen molar-refractivity contribution in [2.75, 3.05) is 14.2 Å². The van der Waals surface area contributed by atoms with Crippen LogP contribution in [0, 0.1) is 0 Å². The van der Waals surface area contributed by atoms with E-state index in [-0.39, 0.29) is 12.6 Å². The third-order valence-corrected chi connectivity index (χ3v) is 2.18. The summed E-state index contributed by atoms with van der Waals surface area (Å²) < 4.78 is 15.8. The summed E-state index contributed by atoms with van der Waals surface area (Å²) in [5.41, 5.74) is 2.11. The molecule has 0 aromatic heterocycles. The molecule has 0 bridgehead atoms. The first-order valence-corrected chi connectivity index (χ1v) is 4.16. The first-order chi connectivity index (χ1) is 6.36. The number of ether oxygens (including phenoxy) is 3. The van der Waals surface area contributed by atoms with Gasteiger partial charge in [0, 0.05) is 25.3 Å². The normalized spacial score (nSPS) is 26.0. The molecule has 3 heteroatoms. The van der Waals surface area contributed by atoms with Gasteiger partial charge in [-0.05, 0) is 0 Å². The van der Waals surface area contributed by atoms with Gasteiger partial charge in [-0.25, -0.2) is 0 Å². The molecule has 13 heavy (non-hydrogen) atoms. The van der Waals surface area contributed by atoms with Crippen LogP contribution in [0.25, 0.3) is 0 Å². The molecule has 0 amide bonds. The van der Waals surface area contributed by atoms with Crippen molar-refractivity contribution in [2.24, 2.45) is 0 Å². The summed E-state index contributed by atoms with van der Waals surface area (Å²) in [7, 11) is 3.25. The van der Waals surface area contributed by atoms with Crippen molar-refractivity contribution >= 4 is 0 Å². The highest BCUT2D eigenvalue weighted by molar-refractivity contribution is 5.32. The lowest BCUT2D eigenvalue weighted by Gasteiger charge is -2.10. The summed E-state index contributed by atoms with van der Waals surface area (Å²) in [5, 5.41) is 0. The lowest BCUT2D eigenvalue weighted by atomic mass is 10.1. The van der Waals surface area contributed by atoms with E-state index in [9.17, 15) is 0 Å². The van der Waals surface area contributed by atoms with E-state index in [0.29, 0.717) is 0 Å². The van der Waals surface area contributed by atoms with Crippen molar-refractivity contribution in [3.63, 3.8) is 0 Å². The molecule has 0 aliphatic carbocycles. The van der Waals surface area contributed by atoms with Gasteiger partial charge in [0.1, 0.15) is 0 Å². The molecule has 2 rings (SSSR count). The zero-order valence-electron chi connectivity index (χ0n) is 7.69. The number of rotatable bonds is 2. The molecule has 1 heterocycles. The van der Waals surface area contributed by atoms with E-state index in [1.54, 1.807) is 14.2 Å². The minimum Gasteiger partial charge on any atom is -0.352 e. The molecule has 0 N–H and O–H groups in total. The Bertz CT molecular complexity index is 269. The van der Waals surface area contributed by atoms with E-state index in [4.69, 9.17) is 14.2 Å². The maximum absolute atomic E-state index is 5.49. The minimum absolute atomic E-state index is 0.291. The number of hydrogen-bond donors (Lipinski definition) is 0. The van der Waals surface area contributed by atoms with Crippen LogP contribution in [0.15, 0.2) is 24.3 Å². The van der Waals surface area contributed by atoms with Gasteiger partial charge < -0.3 is 14.2 Å². The van der Waals surface area contributed by atoms with Crippen molar-refractivity contribution in [2.45, 2.75) is 12.6 Å². The molecule has 0 saturated heterocycles. The summed E-state index contributed by atoms with van der Waals surface area (Å²) in [6.45, 7) is 0. The van der Waals surface area contributed by atoms with Gasteiger partial charge >= 0.3 is 0 Å². The molecule has 0 radical (unpaired) electrons. The lowest BCUT2D eigenvalue weighted by Crippen LogP contribution is -2.01. The molecular formula is C10H12O3. The van der Waals surface area contributed by atoms with Crippen LogP contribution >= 0.6 is 0 Å². The van der Waals surface area contributed by atoms with Crippen LogP contribution in [0.4, 0.5) is 0 Å². The van der Waals surface area contributed by atoms with Crippen molar-refractivity contribution in [1.29, 1.82) is 0 Å². The van der Waals surface area contributed by atoms with E-state index >= 15 is 0 Å². The Hall–Kier alpha value is -0.900. The van der Waals surface area contributed by atoms with E-state index < -0.39 is 0 Å². The predicted octanol–water partition coefficient (Wildman–Crippen LogP) is 2.01. The Morgan fingerprint density at radius 3 is 1.85 bits per heavy atom. The van der Waals surface area contributed by atoms with Gasteiger partial charge in [-0.1, -0.05) is 24.3 Å². The molecule has 1 aliphatic rings. The second-order valence-corrected chi connectivity index (χ2v) is 2.90. The molecule has 0 saturated carbocycles. The number of benzene rings is 1. The van der Waals surface area contributed by atoms with E-state index in [1.807, 2.05) is 24.3 Å². The summed E-state index contributed by atoms with van der Waals surface area (Å²) in [4.78, 5) is 0. The SMILES string of the molecule is COC1OC(OC)c2ccccc21. The molecule has 2 unspecified atom stereocenters. The topological polar surface area (TPSA) is 27.7 Å². The van der Waals surface area contributed by atoms with Crippen LogP contribution in [0.2, 0.25) is 0 Å². The van der Waals surface area contributed by atoms with Crippen LogP contribution in [-0.2, 0) is 14.2 Å². The highest BCUT2D eigenvalue weighted by Crippen LogP contribution is 2.39. The summed E-state index contributed by atoms with van der Waals surface area (Å²) in [6.07, 6.45) is -0.581. The highest BCUT2D eigenvalue weighted by atomic mass is 16.8. The van der Waals surface area contributed by atoms with Gasteiger partial charge in [0.2, 0.25) is 0 Å². The molecule has 70 valence electrons. The van der Waals surface area contributed by atoms with E-state index in [1.165, 1.54) is 0 Å². The molecule has 1 aromatic rings. The number of methoxy groups -OCH3 is 2. The highest BCUT2D eigenvalue weighted by Gasteiger charge is 2.31. The first-order valence-electron chi connectivity index (χ1n) is 4.16. The number of hydrogen-bond acceptors (Lipinski definition) is 3. The van der Waals surface area contributed by atoms with Crippen molar-refractivity contribution in [3.05, 3.63) is 35.4 Å². The van der Waals surface area contributed by atoms with Crippen LogP contribution in [-0.4, -0.2) is 14.2 Å². The second-order valence-electron chi connectivity index (χ2n) is 2.90. The standard InChI is InChI=1S/C10H12O3/c1-11-9-7-5-3-4-6-8(7)10(12-2)13-9/h3-6,9-10H,1-2H3. The van der Waals surface area contributed by atoms with Gasteiger partial charge in [-0.2, -0.15) is 0 Å². The Labute approximate surface area is 77.2 Å². The number of fused-ring (bicyclic) bond motifs is 1. The van der Waals surface area contributed by atoms with Crippen LogP contribution in [0.5, 0.6) is 0 Å². The van der Waals surface area contributed by atoms with Gasteiger partial charge in [0.25, 0.3) is 0 Å². The van der Waals surface area contributed by atoms with Crippen molar-refractivity contribution in [1.82, 2.24) is 0 Å².